The molecule has 2 aromatic heterocycles. The zero-order chi connectivity index (χ0) is 11.4. The predicted molar refractivity (Wildman–Crippen MR) is 66.9 cm³/mol. The average Bonchev–Trinajstić information content (AvgIpc) is 2.60. The molecule has 0 amide bonds. The molecule has 0 saturated heterocycles. The van der Waals surface area contributed by atoms with Crippen LogP contribution in [-0.2, 0) is 7.05 Å². The van der Waals surface area contributed by atoms with Gasteiger partial charge in [0.25, 0.3) is 0 Å². The maximum Gasteiger partial charge on any atom is 0.0698 e. The maximum atomic E-state index is 4.26. The molecule has 0 aliphatic heterocycles. The Morgan fingerprint density at radius 2 is 2.07 bits per heavy atom. The first kappa shape index (κ1) is 11.5. The molecule has 2 heterocycles. The van der Waals surface area contributed by atoms with E-state index >= 15 is 0 Å². The normalized spacial score (nSPS) is 9.60. The van der Waals surface area contributed by atoms with E-state index in [-0.39, 0.29) is 0 Å². The SMILES string of the molecule is C=Cc1cc2ccnc(C)c2n1C.CC. The largest absolute Gasteiger partial charge is 0.343 e. The summed E-state index contributed by atoms with van der Waals surface area (Å²) in [5.41, 5.74) is 3.39. The summed E-state index contributed by atoms with van der Waals surface area (Å²) in [5.74, 6) is 0. The van der Waals surface area contributed by atoms with Gasteiger partial charge in [-0.1, -0.05) is 20.4 Å². The lowest BCUT2D eigenvalue weighted by Crippen LogP contribution is -1.92. The minimum atomic E-state index is 1.06. The number of hydrogen-bond donors (Lipinski definition) is 0. The van der Waals surface area contributed by atoms with Crippen molar-refractivity contribution in [2.75, 3.05) is 0 Å². The summed E-state index contributed by atoms with van der Waals surface area (Å²) in [4.78, 5) is 4.26. The smallest absolute Gasteiger partial charge is 0.0698 e. The number of nitrogens with zero attached hydrogens (tertiary/aromatic N) is 2. The minimum Gasteiger partial charge on any atom is -0.343 e. The van der Waals surface area contributed by atoms with Crippen LogP contribution in [0.4, 0.5) is 0 Å². The predicted octanol–water partition coefficient (Wildman–Crippen LogP) is 3.55. The summed E-state index contributed by atoms with van der Waals surface area (Å²) >= 11 is 0. The van der Waals surface area contributed by atoms with E-state index in [1.165, 1.54) is 10.9 Å². The summed E-state index contributed by atoms with van der Waals surface area (Å²) < 4.78 is 2.12. The molecule has 2 heteroatoms. The lowest BCUT2D eigenvalue weighted by atomic mass is 10.2. The Balaban J connectivity index is 0.000000531. The van der Waals surface area contributed by atoms with E-state index in [1.807, 2.05) is 46.2 Å². The number of rotatable bonds is 1. The minimum absolute atomic E-state index is 1.06. The van der Waals surface area contributed by atoms with E-state index in [2.05, 4.69) is 22.2 Å². The van der Waals surface area contributed by atoms with Crippen LogP contribution in [-0.4, -0.2) is 9.55 Å². The van der Waals surface area contributed by atoms with Crippen molar-refractivity contribution in [2.24, 2.45) is 7.05 Å². The molecule has 2 rings (SSSR count). The molecule has 0 atom stereocenters. The van der Waals surface area contributed by atoms with Crippen molar-refractivity contribution in [3.05, 3.63) is 36.3 Å². The molecule has 0 aromatic carbocycles. The quantitative estimate of drug-likeness (QED) is 0.691. The number of hydrogen-bond acceptors (Lipinski definition) is 1. The fourth-order valence-electron chi connectivity index (χ4n) is 1.71. The van der Waals surface area contributed by atoms with Gasteiger partial charge in [0, 0.05) is 24.3 Å². The monoisotopic (exact) mass is 202 g/mol. The van der Waals surface area contributed by atoms with Gasteiger partial charge in [0.1, 0.15) is 0 Å². The van der Waals surface area contributed by atoms with Crippen molar-refractivity contribution in [3.8, 4) is 0 Å². The highest BCUT2D eigenvalue weighted by molar-refractivity contribution is 5.84. The van der Waals surface area contributed by atoms with Crippen LogP contribution in [0.25, 0.3) is 17.0 Å². The molecule has 0 spiro atoms. The summed E-state index contributed by atoms with van der Waals surface area (Å²) in [5, 5.41) is 1.23. The number of pyridine rings is 1. The van der Waals surface area contributed by atoms with Crippen molar-refractivity contribution in [2.45, 2.75) is 20.8 Å². The first-order valence-electron chi connectivity index (χ1n) is 5.27. The fraction of sp³-hybridized carbons (Fsp3) is 0.308. The number of fused-ring (bicyclic) bond motifs is 1. The van der Waals surface area contributed by atoms with E-state index in [1.54, 1.807) is 0 Å². The summed E-state index contributed by atoms with van der Waals surface area (Å²) in [7, 11) is 2.04. The van der Waals surface area contributed by atoms with E-state index < -0.39 is 0 Å². The second-order valence-electron chi connectivity index (χ2n) is 3.17. The topological polar surface area (TPSA) is 17.8 Å². The Morgan fingerprint density at radius 1 is 1.40 bits per heavy atom. The Labute approximate surface area is 91.3 Å². The molecule has 2 aromatic rings. The number of aryl methyl sites for hydroxylation is 2. The van der Waals surface area contributed by atoms with Gasteiger partial charge in [0.2, 0.25) is 0 Å². The van der Waals surface area contributed by atoms with Crippen molar-refractivity contribution in [3.63, 3.8) is 0 Å². The highest BCUT2D eigenvalue weighted by Gasteiger charge is 2.04. The van der Waals surface area contributed by atoms with E-state index in [4.69, 9.17) is 0 Å². The zero-order valence-corrected chi connectivity index (χ0v) is 9.91. The third kappa shape index (κ3) is 1.94. The summed E-state index contributed by atoms with van der Waals surface area (Å²) in [6.07, 6.45) is 3.70. The van der Waals surface area contributed by atoms with E-state index in [9.17, 15) is 0 Å². The van der Waals surface area contributed by atoms with Gasteiger partial charge in [-0.25, -0.2) is 0 Å². The van der Waals surface area contributed by atoms with Gasteiger partial charge in [-0.2, -0.15) is 0 Å². The van der Waals surface area contributed by atoms with Gasteiger partial charge in [-0.15, -0.1) is 0 Å². The Bertz CT molecular complexity index is 467. The molecule has 0 fully saturated rings. The maximum absolute atomic E-state index is 4.26. The highest BCUT2D eigenvalue weighted by atomic mass is 15.0. The van der Waals surface area contributed by atoms with Crippen molar-refractivity contribution >= 4 is 17.0 Å². The average molecular weight is 202 g/mol. The molecule has 80 valence electrons. The lowest BCUT2D eigenvalue weighted by Gasteiger charge is -2.00. The second-order valence-corrected chi connectivity index (χ2v) is 3.17. The molecule has 2 nitrogen and oxygen atoms in total. The third-order valence-corrected chi connectivity index (χ3v) is 2.37. The van der Waals surface area contributed by atoms with Crippen LogP contribution in [0.3, 0.4) is 0 Å². The van der Waals surface area contributed by atoms with Crippen LogP contribution in [0.1, 0.15) is 25.2 Å². The third-order valence-electron chi connectivity index (χ3n) is 2.37. The second kappa shape index (κ2) is 4.78. The van der Waals surface area contributed by atoms with Crippen molar-refractivity contribution in [1.82, 2.24) is 9.55 Å². The van der Waals surface area contributed by atoms with E-state index in [0.29, 0.717) is 0 Å². The van der Waals surface area contributed by atoms with Crippen LogP contribution >= 0.6 is 0 Å². The fourth-order valence-corrected chi connectivity index (χ4v) is 1.71. The van der Waals surface area contributed by atoms with Gasteiger partial charge in [-0.05, 0) is 25.1 Å². The van der Waals surface area contributed by atoms with Crippen molar-refractivity contribution < 1.29 is 0 Å². The molecule has 0 saturated carbocycles. The van der Waals surface area contributed by atoms with Crippen LogP contribution in [0.2, 0.25) is 0 Å². The molecule has 0 radical (unpaired) electrons. The molecule has 0 bridgehead atoms. The first-order chi connectivity index (χ1) is 7.24. The van der Waals surface area contributed by atoms with Gasteiger partial charge < -0.3 is 4.57 Å². The van der Waals surface area contributed by atoms with Crippen LogP contribution < -0.4 is 0 Å². The van der Waals surface area contributed by atoms with Crippen LogP contribution in [0.15, 0.2) is 24.9 Å². The Hall–Kier alpha value is -1.57. The lowest BCUT2D eigenvalue weighted by molar-refractivity contribution is 0.943. The molecular formula is C13H18N2. The van der Waals surface area contributed by atoms with Gasteiger partial charge in [0.15, 0.2) is 0 Å². The van der Waals surface area contributed by atoms with Gasteiger partial charge in [0.05, 0.1) is 11.2 Å². The summed E-state index contributed by atoms with van der Waals surface area (Å²) in [6, 6.07) is 4.15. The van der Waals surface area contributed by atoms with Crippen LogP contribution in [0, 0.1) is 6.92 Å². The highest BCUT2D eigenvalue weighted by Crippen LogP contribution is 2.20. The van der Waals surface area contributed by atoms with Gasteiger partial charge >= 0.3 is 0 Å². The summed E-state index contributed by atoms with van der Waals surface area (Å²) in [6.45, 7) is 9.80. The molecule has 15 heavy (non-hydrogen) atoms. The van der Waals surface area contributed by atoms with Crippen LogP contribution in [0.5, 0.6) is 0 Å². The molecule has 0 aliphatic carbocycles. The Kier molecular flexibility index (Phi) is 3.67. The molecule has 0 aliphatic rings. The molecule has 0 unspecified atom stereocenters. The van der Waals surface area contributed by atoms with Crippen molar-refractivity contribution in [1.29, 1.82) is 0 Å². The first-order valence-corrected chi connectivity index (χ1v) is 5.27. The number of aromatic nitrogens is 2. The molecule has 0 N–H and O–H groups in total. The standard InChI is InChI=1S/C11H12N2.C2H6/c1-4-10-7-9-5-6-12-8(2)11(9)13(10)3;1-2/h4-7H,1H2,2-3H3;1-2H3. The van der Waals surface area contributed by atoms with E-state index in [0.717, 1.165) is 11.4 Å². The Morgan fingerprint density at radius 3 is 2.60 bits per heavy atom. The molecular weight excluding hydrogens is 184 g/mol. The zero-order valence-electron chi connectivity index (χ0n) is 9.91. The van der Waals surface area contributed by atoms with Gasteiger partial charge in [-0.3, -0.25) is 4.98 Å².